The Hall–Kier alpha value is -2.68. The van der Waals surface area contributed by atoms with E-state index in [1.807, 2.05) is 31.6 Å². The molecule has 1 saturated heterocycles. The summed E-state index contributed by atoms with van der Waals surface area (Å²) in [6.45, 7) is 8.29. The predicted octanol–water partition coefficient (Wildman–Crippen LogP) is 2.72. The van der Waals surface area contributed by atoms with Gasteiger partial charge in [-0.1, -0.05) is 20.3 Å². The van der Waals surface area contributed by atoms with E-state index in [0.29, 0.717) is 39.0 Å². The summed E-state index contributed by atoms with van der Waals surface area (Å²) in [4.78, 5) is 28.9. The molecule has 3 N–H and O–H groups in total. The zero-order chi connectivity index (χ0) is 22.4. The van der Waals surface area contributed by atoms with E-state index in [1.54, 1.807) is 0 Å². The molecule has 0 radical (unpaired) electrons. The van der Waals surface area contributed by atoms with Crippen molar-refractivity contribution in [3.05, 3.63) is 17.5 Å². The zero-order valence-corrected chi connectivity index (χ0v) is 18.6. The van der Waals surface area contributed by atoms with Gasteiger partial charge in [-0.3, -0.25) is 9.59 Å². The van der Waals surface area contributed by atoms with E-state index in [0.717, 1.165) is 40.8 Å². The molecule has 3 heterocycles. The van der Waals surface area contributed by atoms with Crippen molar-refractivity contribution in [1.29, 1.82) is 0 Å². The minimum absolute atomic E-state index is 0.224. The van der Waals surface area contributed by atoms with Gasteiger partial charge in [-0.15, -0.1) is 0 Å². The molecule has 0 aromatic carbocycles. The number of carbonyl (C=O) groups excluding carboxylic acids is 1. The van der Waals surface area contributed by atoms with Crippen molar-refractivity contribution < 1.29 is 19.4 Å². The van der Waals surface area contributed by atoms with Crippen molar-refractivity contribution in [2.24, 2.45) is 5.92 Å². The van der Waals surface area contributed by atoms with Crippen LogP contribution in [0.2, 0.25) is 0 Å². The van der Waals surface area contributed by atoms with Crippen LogP contribution in [0.25, 0.3) is 11.0 Å². The molecule has 170 valence electrons. The number of amides is 1. The highest BCUT2D eigenvalue weighted by molar-refractivity contribution is 5.97. The van der Waals surface area contributed by atoms with Crippen molar-refractivity contribution in [2.75, 3.05) is 18.5 Å². The van der Waals surface area contributed by atoms with Gasteiger partial charge in [0, 0.05) is 43.6 Å². The normalized spacial score (nSPS) is 15.7. The number of carboxylic acids is 1. The summed E-state index contributed by atoms with van der Waals surface area (Å²) < 4.78 is 7.36. The van der Waals surface area contributed by atoms with E-state index in [1.165, 1.54) is 0 Å². The van der Waals surface area contributed by atoms with Crippen LogP contribution in [0.15, 0.2) is 6.20 Å². The maximum Gasteiger partial charge on any atom is 0.316 e. The number of aryl methyl sites for hydroxylation is 2. The van der Waals surface area contributed by atoms with Crippen LogP contribution in [-0.2, 0) is 33.8 Å². The van der Waals surface area contributed by atoms with Gasteiger partial charge in [0.2, 0.25) is 5.91 Å². The molecule has 0 aliphatic carbocycles. The van der Waals surface area contributed by atoms with Crippen molar-refractivity contribution in [3.63, 3.8) is 0 Å². The molecular formula is C22H33N5O4. The molecule has 0 bridgehead atoms. The Labute approximate surface area is 182 Å². The minimum Gasteiger partial charge on any atom is -0.481 e. The third-order valence-corrected chi connectivity index (χ3v) is 5.81. The minimum atomic E-state index is -1.09. The Morgan fingerprint density at radius 1 is 1.29 bits per heavy atom. The van der Waals surface area contributed by atoms with Crippen LogP contribution < -0.4 is 10.6 Å². The van der Waals surface area contributed by atoms with Crippen LogP contribution >= 0.6 is 0 Å². The summed E-state index contributed by atoms with van der Waals surface area (Å²) in [6.07, 6.45) is 5.25. The Morgan fingerprint density at radius 3 is 2.65 bits per heavy atom. The van der Waals surface area contributed by atoms with E-state index >= 15 is 0 Å². The smallest absolute Gasteiger partial charge is 0.316 e. The van der Waals surface area contributed by atoms with Crippen LogP contribution in [0.3, 0.4) is 0 Å². The third-order valence-electron chi connectivity index (χ3n) is 5.81. The van der Waals surface area contributed by atoms with Gasteiger partial charge in [-0.2, -0.15) is 5.10 Å². The van der Waals surface area contributed by atoms with Gasteiger partial charge in [0.25, 0.3) is 0 Å². The SMILES string of the molecule is CCCC(C(=O)O)C(=O)NCc1c(CC)nc2c(cnn2CC)c1NC1CCOCC1. The molecule has 31 heavy (non-hydrogen) atoms. The Morgan fingerprint density at radius 2 is 2.03 bits per heavy atom. The van der Waals surface area contributed by atoms with Crippen LogP contribution in [0.5, 0.6) is 0 Å². The van der Waals surface area contributed by atoms with Crippen molar-refractivity contribution in [2.45, 2.75) is 72.0 Å². The quantitative estimate of drug-likeness (QED) is 0.495. The van der Waals surface area contributed by atoms with Crippen LogP contribution in [0.1, 0.15) is 57.7 Å². The number of carboxylic acid groups (broad SMARTS) is 1. The van der Waals surface area contributed by atoms with Gasteiger partial charge in [0.05, 0.1) is 17.3 Å². The monoisotopic (exact) mass is 431 g/mol. The molecular weight excluding hydrogens is 398 g/mol. The van der Waals surface area contributed by atoms with E-state index < -0.39 is 17.8 Å². The van der Waals surface area contributed by atoms with Gasteiger partial charge in [0.15, 0.2) is 5.65 Å². The molecule has 0 saturated carbocycles. The van der Waals surface area contributed by atoms with Crippen LogP contribution in [0, 0.1) is 5.92 Å². The lowest BCUT2D eigenvalue weighted by Gasteiger charge is -2.27. The first-order chi connectivity index (χ1) is 15.0. The number of fused-ring (bicyclic) bond motifs is 1. The summed E-state index contributed by atoms with van der Waals surface area (Å²) in [5.74, 6) is -2.59. The van der Waals surface area contributed by atoms with Crippen molar-refractivity contribution in [3.8, 4) is 0 Å². The van der Waals surface area contributed by atoms with Crippen LogP contribution in [-0.4, -0.2) is 51.0 Å². The fourth-order valence-electron chi connectivity index (χ4n) is 4.05. The average Bonchev–Trinajstić information content (AvgIpc) is 3.19. The number of hydrogen-bond donors (Lipinski definition) is 3. The lowest BCUT2D eigenvalue weighted by molar-refractivity contribution is -0.147. The standard InChI is InChI=1S/C22H33N5O4/c1-4-7-15(22(29)30)21(28)23-12-16-18(5-2)26-20-17(13-24-27(20)6-3)19(16)25-14-8-10-31-11-9-14/h13-15H,4-12H2,1-3H3,(H,23,28)(H,25,26)(H,29,30). The second-order valence-corrected chi connectivity index (χ2v) is 7.89. The number of anilines is 1. The lowest BCUT2D eigenvalue weighted by atomic mass is 10.0. The largest absolute Gasteiger partial charge is 0.481 e. The molecule has 1 unspecified atom stereocenters. The molecule has 3 rings (SSSR count). The number of nitrogens with one attached hydrogen (secondary N) is 2. The topological polar surface area (TPSA) is 118 Å². The van der Waals surface area contributed by atoms with Crippen LogP contribution in [0.4, 0.5) is 5.69 Å². The second kappa shape index (κ2) is 10.6. The summed E-state index contributed by atoms with van der Waals surface area (Å²) in [5, 5.41) is 21.3. The fourth-order valence-corrected chi connectivity index (χ4v) is 4.05. The molecule has 1 aliphatic heterocycles. The molecule has 1 atom stereocenters. The Balaban J connectivity index is 1.96. The van der Waals surface area contributed by atoms with Crippen molar-refractivity contribution in [1.82, 2.24) is 20.1 Å². The first-order valence-electron chi connectivity index (χ1n) is 11.2. The number of pyridine rings is 1. The van der Waals surface area contributed by atoms with Gasteiger partial charge in [-0.25, -0.2) is 9.67 Å². The molecule has 1 aliphatic rings. The van der Waals surface area contributed by atoms with E-state index in [4.69, 9.17) is 9.72 Å². The van der Waals surface area contributed by atoms with Gasteiger partial charge in [0.1, 0.15) is 5.92 Å². The van der Waals surface area contributed by atoms with Crippen molar-refractivity contribution >= 4 is 28.6 Å². The van der Waals surface area contributed by atoms with Gasteiger partial charge in [-0.05, 0) is 32.6 Å². The number of rotatable bonds is 10. The second-order valence-electron chi connectivity index (χ2n) is 7.89. The summed E-state index contributed by atoms with van der Waals surface area (Å²) in [6, 6.07) is 0.260. The first kappa shape index (κ1) is 23.0. The number of carbonyl (C=O) groups is 2. The number of aliphatic carboxylic acids is 1. The molecule has 0 spiro atoms. The molecule has 1 amide bonds. The third kappa shape index (κ3) is 5.15. The highest BCUT2D eigenvalue weighted by atomic mass is 16.5. The molecule has 2 aromatic heterocycles. The number of aromatic nitrogens is 3. The summed E-state index contributed by atoms with van der Waals surface area (Å²) in [5.41, 5.74) is 3.51. The highest BCUT2D eigenvalue weighted by Crippen LogP contribution is 2.31. The molecule has 2 aromatic rings. The Bertz CT molecular complexity index is 920. The molecule has 9 heteroatoms. The lowest BCUT2D eigenvalue weighted by Crippen LogP contribution is -2.35. The molecule has 1 fully saturated rings. The first-order valence-corrected chi connectivity index (χ1v) is 11.2. The van der Waals surface area contributed by atoms with Gasteiger partial charge >= 0.3 is 5.97 Å². The van der Waals surface area contributed by atoms with Gasteiger partial charge < -0.3 is 20.5 Å². The number of hydrogen-bond acceptors (Lipinski definition) is 6. The maximum atomic E-state index is 12.6. The fraction of sp³-hybridized carbons (Fsp3) is 0.636. The molecule has 9 nitrogen and oxygen atoms in total. The maximum absolute atomic E-state index is 12.6. The average molecular weight is 432 g/mol. The summed E-state index contributed by atoms with van der Waals surface area (Å²) in [7, 11) is 0. The predicted molar refractivity (Wildman–Crippen MR) is 118 cm³/mol. The Kier molecular flexibility index (Phi) is 7.84. The highest BCUT2D eigenvalue weighted by Gasteiger charge is 2.26. The zero-order valence-electron chi connectivity index (χ0n) is 18.6. The number of ether oxygens (including phenoxy) is 1. The van der Waals surface area contributed by atoms with E-state index in [9.17, 15) is 14.7 Å². The van der Waals surface area contributed by atoms with E-state index in [2.05, 4.69) is 15.7 Å². The number of nitrogens with zero attached hydrogens (tertiary/aromatic N) is 3. The summed E-state index contributed by atoms with van der Waals surface area (Å²) >= 11 is 0. The van der Waals surface area contributed by atoms with E-state index in [-0.39, 0.29) is 12.6 Å².